The number of piperidine rings is 1. The van der Waals surface area contributed by atoms with Crippen molar-refractivity contribution in [3.63, 3.8) is 0 Å². The lowest BCUT2D eigenvalue weighted by Gasteiger charge is -2.44. The van der Waals surface area contributed by atoms with Gasteiger partial charge in [0.15, 0.2) is 0 Å². The highest BCUT2D eigenvalue weighted by atomic mass is 16.5. The van der Waals surface area contributed by atoms with Crippen LogP contribution in [0.3, 0.4) is 0 Å². The lowest BCUT2D eigenvalue weighted by atomic mass is 9.82. The SMILES string of the molecule is CC/C=C1\N(Cc2cc(OC)cc(OC)c2C)C(=O)N(CC)C12CCN(Cc1cccc3ncccc13)CC2. The van der Waals surface area contributed by atoms with Crippen LogP contribution in [0, 0.1) is 6.92 Å². The Morgan fingerprint density at radius 1 is 1.00 bits per heavy atom. The smallest absolute Gasteiger partial charge is 0.325 e. The summed E-state index contributed by atoms with van der Waals surface area (Å²) in [6.07, 6.45) is 6.83. The number of aromatic nitrogens is 1. The summed E-state index contributed by atoms with van der Waals surface area (Å²) in [7, 11) is 3.33. The summed E-state index contributed by atoms with van der Waals surface area (Å²) in [6.45, 7) is 10.2. The second kappa shape index (κ2) is 11.3. The van der Waals surface area contributed by atoms with Crippen LogP contribution in [0.2, 0.25) is 0 Å². The fourth-order valence-corrected chi connectivity index (χ4v) is 6.44. The average Bonchev–Trinajstić information content (AvgIpc) is 3.17. The number of methoxy groups -OCH3 is 2. The fraction of sp³-hybridized carbons (Fsp3) is 0.438. The Hall–Kier alpha value is -3.58. The third kappa shape index (κ3) is 4.84. The van der Waals surface area contributed by atoms with Gasteiger partial charge >= 0.3 is 6.03 Å². The number of carbonyl (C=O) groups is 1. The standard InChI is InChI=1S/C32H40N4O3/c1-6-10-30-32(14-17-34(18-15-32)21-24-11-8-13-28-27(24)12-9-16-33-28)36(7-2)31(37)35(30)22-25-19-26(38-4)20-29(39-5)23(25)3/h8-13,16,19-20H,6-7,14-15,17-18,21-22H2,1-5H3/b30-10-. The Kier molecular flexibility index (Phi) is 7.80. The van der Waals surface area contributed by atoms with E-state index in [1.165, 1.54) is 10.9 Å². The molecule has 3 heterocycles. The first kappa shape index (κ1) is 27.0. The first-order chi connectivity index (χ1) is 18.9. The van der Waals surface area contributed by atoms with Crippen molar-refractivity contribution < 1.29 is 14.3 Å². The van der Waals surface area contributed by atoms with Crippen molar-refractivity contribution >= 4 is 16.9 Å². The number of likely N-dealkylation sites (tertiary alicyclic amines) is 1. The molecule has 7 heteroatoms. The van der Waals surface area contributed by atoms with E-state index in [0.29, 0.717) is 13.1 Å². The van der Waals surface area contributed by atoms with Crippen molar-refractivity contribution in [3.05, 3.63) is 77.1 Å². The van der Waals surface area contributed by atoms with Crippen LogP contribution in [0.15, 0.2) is 60.4 Å². The van der Waals surface area contributed by atoms with Crippen LogP contribution >= 0.6 is 0 Å². The molecule has 2 aliphatic heterocycles. The summed E-state index contributed by atoms with van der Waals surface area (Å²) in [5.74, 6) is 1.51. The van der Waals surface area contributed by atoms with Crippen molar-refractivity contribution in [2.45, 2.75) is 58.7 Å². The van der Waals surface area contributed by atoms with Crippen LogP contribution in [-0.2, 0) is 13.1 Å². The van der Waals surface area contributed by atoms with Crippen molar-refractivity contribution in [2.75, 3.05) is 33.9 Å². The minimum Gasteiger partial charge on any atom is -0.497 e. The monoisotopic (exact) mass is 528 g/mol. The summed E-state index contributed by atoms with van der Waals surface area (Å²) in [5.41, 5.74) is 5.28. The molecule has 0 atom stereocenters. The number of allylic oxidation sites excluding steroid dienone is 1. The van der Waals surface area contributed by atoms with Gasteiger partial charge in [-0.1, -0.05) is 31.2 Å². The van der Waals surface area contributed by atoms with E-state index in [1.54, 1.807) is 14.2 Å². The maximum absolute atomic E-state index is 14.0. The van der Waals surface area contributed by atoms with Crippen LogP contribution in [0.1, 0.15) is 49.8 Å². The van der Waals surface area contributed by atoms with Gasteiger partial charge in [-0.05, 0) is 68.0 Å². The number of fused-ring (bicyclic) bond motifs is 1. The molecule has 0 saturated carbocycles. The molecule has 2 amide bonds. The number of nitrogens with zero attached hydrogens (tertiary/aromatic N) is 4. The van der Waals surface area contributed by atoms with E-state index in [1.807, 2.05) is 36.2 Å². The molecule has 2 fully saturated rings. The zero-order valence-corrected chi connectivity index (χ0v) is 23.9. The lowest BCUT2D eigenvalue weighted by Crippen LogP contribution is -2.53. The van der Waals surface area contributed by atoms with Crippen LogP contribution in [-0.4, -0.2) is 65.1 Å². The van der Waals surface area contributed by atoms with Gasteiger partial charge in [0, 0.05) is 49.5 Å². The molecule has 2 aromatic carbocycles. The zero-order chi connectivity index (χ0) is 27.6. The molecule has 0 unspecified atom stereocenters. The van der Waals surface area contributed by atoms with E-state index in [9.17, 15) is 4.79 Å². The number of urea groups is 1. The van der Waals surface area contributed by atoms with Gasteiger partial charge in [0.2, 0.25) is 0 Å². The third-order valence-electron chi connectivity index (χ3n) is 8.50. The van der Waals surface area contributed by atoms with Crippen molar-refractivity contribution in [3.8, 4) is 11.5 Å². The van der Waals surface area contributed by atoms with Crippen molar-refractivity contribution in [1.82, 2.24) is 19.7 Å². The maximum atomic E-state index is 14.0. The molecular formula is C32H40N4O3. The minimum absolute atomic E-state index is 0.0898. The second-order valence-corrected chi connectivity index (χ2v) is 10.5. The van der Waals surface area contributed by atoms with E-state index in [0.717, 1.165) is 72.7 Å². The summed E-state index contributed by atoms with van der Waals surface area (Å²) in [5, 5.41) is 1.22. The van der Waals surface area contributed by atoms with Gasteiger partial charge < -0.3 is 14.4 Å². The summed E-state index contributed by atoms with van der Waals surface area (Å²) in [6, 6.07) is 14.6. The van der Waals surface area contributed by atoms with Crippen LogP contribution < -0.4 is 9.47 Å². The van der Waals surface area contributed by atoms with Gasteiger partial charge in [0.1, 0.15) is 11.5 Å². The largest absolute Gasteiger partial charge is 0.497 e. The first-order valence-electron chi connectivity index (χ1n) is 14.0. The van der Waals surface area contributed by atoms with Gasteiger partial charge in [-0.15, -0.1) is 0 Å². The molecule has 3 aromatic rings. The molecule has 1 aromatic heterocycles. The number of rotatable bonds is 8. The van der Waals surface area contributed by atoms with Crippen LogP contribution in [0.5, 0.6) is 11.5 Å². The van der Waals surface area contributed by atoms with E-state index < -0.39 is 0 Å². The Balaban J connectivity index is 1.41. The topological polar surface area (TPSA) is 58.1 Å². The number of hydrogen-bond acceptors (Lipinski definition) is 5. The number of carbonyl (C=O) groups excluding carboxylic acids is 1. The third-order valence-corrected chi connectivity index (χ3v) is 8.50. The molecular weight excluding hydrogens is 488 g/mol. The van der Waals surface area contributed by atoms with Crippen LogP contribution in [0.25, 0.3) is 10.9 Å². The molecule has 2 aliphatic rings. The molecule has 5 rings (SSSR count). The van der Waals surface area contributed by atoms with E-state index in [4.69, 9.17) is 9.47 Å². The van der Waals surface area contributed by atoms with Gasteiger partial charge in [0.25, 0.3) is 0 Å². The lowest BCUT2D eigenvalue weighted by molar-refractivity contribution is 0.0891. The van der Waals surface area contributed by atoms with Gasteiger partial charge in [-0.2, -0.15) is 0 Å². The number of benzene rings is 2. The molecule has 0 radical (unpaired) electrons. The number of amides is 2. The number of likely N-dealkylation sites (N-methyl/N-ethyl adjacent to an activating group) is 1. The minimum atomic E-state index is -0.282. The highest BCUT2D eigenvalue weighted by molar-refractivity contribution is 5.83. The molecule has 39 heavy (non-hydrogen) atoms. The molecule has 2 saturated heterocycles. The summed E-state index contributed by atoms with van der Waals surface area (Å²) < 4.78 is 11.2. The first-order valence-corrected chi connectivity index (χ1v) is 14.0. The van der Waals surface area contributed by atoms with E-state index in [-0.39, 0.29) is 11.6 Å². The second-order valence-electron chi connectivity index (χ2n) is 10.5. The molecule has 0 aliphatic carbocycles. The Labute approximate surface area is 232 Å². The highest BCUT2D eigenvalue weighted by Gasteiger charge is 2.53. The van der Waals surface area contributed by atoms with Crippen molar-refractivity contribution in [1.29, 1.82) is 0 Å². The number of hydrogen-bond donors (Lipinski definition) is 0. The predicted molar refractivity (Wildman–Crippen MR) is 155 cm³/mol. The molecule has 0 N–H and O–H groups in total. The van der Waals surface area contributed by atoms with E-state index >= 15 is 0 Å². The van der Waals surface area contributed by atoms with Gasteiger partial charge in [0.05, 0.1) is 31.8 Å². The fourth-order valence-electron chi connectivity index (χ4n) is 6.44. The molecule has 1 spiro atoms. The van der Waals surface area contributed by atoms with Crippen LogP contribution in [0.4, 0.5) is 4.79 Å². The van der Waals surface area contributed by atoms with Gasteiger partial charge in [-0.3, -0.25) is 14.8 Å². The van der Waals surface area contributed by atoms with Crippen molar-refractivity contribution in [2.24, 2.45) is 0 Å². The number of pyridine rings is 1. The van der Waals surface area contributed by atoms with Gasteiger partial charge in [-0.25, -0.2) is 4.79 Å². The summed E-state index contributed by atoms with van der Waals surface area (Å²) in [4.78, 5) is 25.1. The zero-order valence-electron chi connectivity index (χ0n) is 23.9. The normalized spacial score (nSPS) is 18.5. The Bertz CT molecular complexity index is 1370. The maximum Gasteiger partial charge on any atom is 0.325 e. The molecule has 206 valence electrons. The summed E-state index contributed by atoms with van der Waals surface area (Å²) >= 11 is 0. The number of ether oxygens (including phenoxy) is 2. The molecule has 0 bridgehead atoms. The van der Waals surface area contributed by atoms with E-state index in [2.05, 4.69) is 59.0 Å². The average molecular weight is 529 g/mol. The molecule has 7 nitrogen and oxygen atoms in total. The Morgan fingerprint density at radius 3 is 2.49 bits per heavy atom. The predicted octanol–water partition coefficient (Wildman–Crippen LogP) is 6.15. The Morgan fingerprint density at radius 2 is 1.79 bits per heavy atom. The highest BCUT2D eigenvalue weighted by Crippen LogP contribution is 2.45. The quantitative estimate of drug-likeness (QED) is 0.351.